The molecule has 0 amide bonds. The van der Waals surface area contributed by atoms with Gasteiger partial charge in [0.2, 0.25) is 0 Å². The van der Waals surface area contributed by atoms with E-state index >= 15 is 0 Å². The van der Waals surface area contributed by atoms with Gasteiger partial charge in [-0.25, -0.2) is 0 Å². The van der Waals surface area contributed by atoms with Crippen molar-refractivity contribution in [2.75, 3.05) is 13.2 Å². The van der Waals surface area contributed by atoms with Gasteiger partial charge in [0, 0.05) is 36.7 Å². The second kappa shape index (κ2) is 6.73. The molecule has 0 aliphatic carbocycles. The molecule has 1 fully saturated rings. The van der Waals surface area contributed by atoms with E-state index in [1.807, 2.05) is 25.2 Å². The van der Waals surface area contributed by atoms with E-state index in [9.17, 15) is 0 Å². The Morgan fingerprint density at radius 2 is 2.29 bits per heavy atom. The van der Waals surface area contributed by atoms with Crippen molar-refractivity contribution in [1.29, 1.82) is 0 Å². The van der Waals surface area contributed by atoms with Crippen LogP contribution in [0, 0.1) is 13.8 Å². The van der Waals surface area contributed by atoms with Crippen molar-refractivity contribution in [2.45, 2.75) is 45.9 Å². The highest BCUT2D eigenvalue weighted by Gasteiger charge is 2.21. The molecular weight excluding hydrogens is 284 g/mol. The molecule has 0 bridgehead atoms. The fraction of sp³-hybridized carbons (Fsp3) is 0.562. The first-order chi connectivity index (χ1) is 10.2. The molecule has 4 nitrogen and oxygen atoms in total. The van der Waals surface area contributed by atoms with Gasteiger partial charge >= 0.3 is 0 Å². The first-order valence-corrected chi connectivity index (χ1v) is 8.38. The molecular formula is C16H22N2O2S. The highest BCUT2D eigenvalue weighted by molar-refractivity contribution is 7.09. The smallest absolute Gasteiger partial charge is 0.138 e. The van der Waals surface area contributed by atoms with E-state index in [-0.39, 0.29) is 0 Å². The van der Waals surface area contributed by atoms with E-state index in [1.165, 1.54) is 23.3 Å². The summed E-state index contributed by atoms with van der Waals surface area (Å²) in [5.41, 5.74) is 2.21. The third-order valence-electron chi connectivity index (χ3n) is 4.01. The topological polar surface area (TPSA) is 38.5 Å². The number of hydrogen-bond donors (Lipinski definition) is 0. The second-order valence-electron chi connectivity index (χ2n) is 5.69. The summed E-state index contributed by atoms with van der Waals surface area (Å²) in [4.78, 5) is 3.84. The molecule has 114 valence electrons. The number of nitrogens with zero attached hydrogens (tertiary/aromatic N) is 2. The Hall–Kier alpha value is -1.17. The van der Waals surface area contributed by atoms with Crippen LogP contribution in [0.15, 0.2) is 22.0 Å². The highest BCUT2D eigenvalue weighted by Crippen LogP contribution is 2.21. The van der Waals surface area contributed by atoms with Crippen LogP contribution in [0.5, 0.6) is 0 Å². The summed E-state index contributed by atoms with van der Waals surface area (Å²) in [5.74, 6) is 0.927. The largest absolute Gasteiger partial charge is 0.377 e. The molecule has 2 aromatic rings. The maximum Gasteiger partial charge on any atom is 0.138 e. The van der Waals surface area contributed by atoms with Gasteiger partial charge in [0.15, 0.2) is 0 Å². The van der Waals surface area contributed by atoms with Crippen molar-refractivity contribution >= 4 is 11.3 Å². The number of aryl methyl sites for hydroxylation is 2. The van der Waals surface area contributed by atoms with Crippen molar-refractivity contribution in [3.05, 3.63) is 39.4 Å². The quantitative estimate of drug-likeness (QED) is 0.818. The minimum Gasteiger partial charge on any atom is -0.377 e. The molecule has 1 saturated heterocycles. The van der Waals surface area contributed by atoms with Gasteiger partial charge in [-0.1, -0.05) is 11.2 Å². The molecule has 1 aliphatic rings. The fourth-order valence-corrected chi connectivity index (χ4v) is 3.58. The van der Waals surface area contributed by atoms with E-state index in [1.54, 1.807) is 0 Å². The molecule has 0 aromatic carbocycles. The van der Waals surface area contributed by atoms with Crippen molar-refractivity contribution in [3.63, 3.8) is 0 Å². The molecule has 0 saturated carbocycles. The predicted molar refractivity (Wildman–Crippen MR) is 83.4 cm³/mol. The monoisotopic (exact) mass is 306 g/mol. The fourth-order valence-electron chi connectivity index (χ4n) is 2.84. The number of aromatic nitrogens is 1. The van der Waals surface area contributed by atoms with Gasteiger partial charge in [-0.15, -0.1) is 11.3 Å². The van der Waals surface area contributed by atoms with Gasteiger partial charge < -0.3 is 9.26 Å². The molecule has 3 rings (SSSR count). The standard InChI is InChI=1S/C16H22N2O2S/c1-12-16(13(2)20-17-12)11-18(9-14-5-3-7-19-14)10-15-6-4-8-21-15/h4,6,8,14H,3,5,7,9-11H2,1-2H3. The average molecular weight is 306 g/mol. The summed E-state index contributed by atoms with van der Waals surface area (Å²) in [6, 6.07) is 4.31. The van der Waals surface area contributed by atoms with Crippen LogP contribution in [0.1, 0.15) is 34.7 Å². The van der Waals surface area contributed by atoms with Crippen LogP contribution in [0.25, 0.3) is 0 Å². The Morgan fingerprint density at radius 1 is 1.38 bits per heavy atom. The maximum absolute atomic E-state index is 5.80. The van der Waals surface area contributed by atoms with Crippen molar-refractivity contribution in [3.8, 4) is 0 Å². The van der Waals surface area contributed by atoms with E-state index in [0.29, 0.717) is 6.10 Å². The summed E-state index contributed by atoms with van der Waals surface area (Å²) in [6.07, 6.45) is 2.72. The lowest BCUT2D eigenvalue weighted by atomic mass is 10.1. The summed E-state index contributed by atoms with van der Waals surface area (Å²) >= 11 is 1.81. The Labute approximate surface area is 129 Å². The van der Waals surface area contributed by atoms with Crippen LogP contribution >= 0.6 is 11.3 Å². The van der Waals surface area contributed by atoms with Gasteiger partial charge in [-0.2, -0.15) is 0 Å². The minimum atomic E-state index is 0.366. The zero-order valence-corrected chi connectivity index (χ0v) is 13.5. The van der Waals surface area contributed by atoms with Gasteiger partial charge in [0.25, 0.3) is 0 Å². The van der Waals surface area contributed by atoms with Crippen LogP contribution in [-0.2, 0) is 17.8 Å². The number of thiophene rings is 1. The van der Waals surface area contributed by atoms with Gasteiger partial charge in [-0.3, -0.25) is 4.90 Å². The first-order valence-electron chi connectivity index (χ1n) is 7.50. The lowest BCUT2D eigenvalue weighted by Crippen LogP contribution is -2.31. The van der Waals surface area contributed by atoms with E-state index in [0.717, 1.165) is 37.7 Å². The van der Waals surface area contributed by atoms with Gasteiger partial charge in [0.05, 0.1) is 11.8 Å². The summed E-state index contributed by atoms with van der Waals surface area (Å²) < 4.78 is 11.1. The molecule has 21 heavy (non-hydrogen) atoms. The van der Waals surface area contributed by atoms with E-state index in [2.05, 4.69) is 27.6 Å². The summed E-state index contributed by atoms with van der Waals surface area (Å²) in [5, 5.41) is 6.20. The van der Waals surface area contributed by atoms with Crippen LogP contribution in [0.2, 0.25) is 0 Å². The third kappa shape index (κ3) is 3.73. The molecule has 3 heterocycles. The van der Waals surface area contributed by atoms with Gasteiger partial charge in [-0.05, 0) is 38.1 Å². The van der Waals surface area contributed by atoms with Crippen molar-refractivity contribution in [2.24, 2.45) is 0 Å². The van der Waals surface area contributed by atoms with Crippen LogP contribution in [0.3, 0.4) is 0 Å². The molecule has 0 spiro atoms. The zero-order valence-electron chi connectivity index (χ0n) is 12.7. The van der Waals surface area contributed by atoms with Crippen LogP contribution in [-0.4, -0.2) is 29.3 Å². The third-order valence-corrected chi connectivity index (χ3v) is 4.87. The second-order valence-corrected chi connectivity index (χ2v) is 6.72. The lowest BCUT2D eigenvalue weighted by Gasteiger charge is -2.24. The molecule has 2 aromatic heterocycles. The molecule has 0 N–H and O–H groups in total. The van der Waals surface area contributed by atoms with Gasteiger partial charge in [0.1, 0.15) is 5.76 Å². The van der Waals surface area contributed by atoms with Crippen molar-refractivity contribution < 1.29 is 9.26 Å². The number of hydrogen-bond acceptors (Lipinski definition) is 5. The molecule has 5 heteroatoms. The van der Waals surface area contributed by atoms with E-state index in [4.69, 9.17) is 9.26 Å². The number of ether oxygens (including phenoxy) is 1. The molecule has 1 unspecified atom stereocenters. The summed E-state index contributed by atoms with van der Waals surface area (Å²) in [6.45, 7) is 7.72. The summed E-state index contributed by atoms with van der Waals surface area (Å²) in [7, 11) is 0. The Balaban J connectivity index is 1.71. The highest BCUT2D eigenvalue weighted by atomic mass is 32.1. The number of rotatable bonds is 6. The van der Waals surface area contributed by atoms with Crippen LogP contribution in [0.4, 0.5) is 0 Å². The minimum absolute atomic E-state index is 0.366. The average Bonchev–Trinajstić information content (AvgIpc) is 3.19. The molecule has 0 radical (unpaired) electrons. The zero-order chi connectivity index (χ0) is 14.7. The van der Waals surface area contributed by atoms with Crippen LogP contribution < -0.4 is 0 Å². The Morgan fingerprint density at radius 3 is 2.90 bits per heavy atom. The Kier molecular flexibility index (Phi) is 4.73. The molecule has 1 aliphatic heterocycles. The Bertz CT molecular complexity index is 539. The lowest BCUT2D eigenvalue weighted by molar-refractivity contribution is 0.0680. The SMILES string of the molecule is Cc1noc(C)c1CN(Cc1cccs1)CC1CCCO1. The predicted octanol–water partition coefficient (Wildman–Crippen LogP) is 3.53. The normalized spacial score (nSPS) is 18.7. The molecule has 1 atom stereocenters. The first kappa shape index (κ1) is 14.8. The maximum atomic E-state index is 5.80. The van der Waals surface area contributed by atoms with E-state index < -0.39 is 0 Å². The van der Waals surface area contributed by atoms with Crippen molar-refractivity contribution in [1.82, 2.24) is 10.1 Å².